The molecule has 7 nitrogen and oxygen atoms in total. The summed E-state index contributed by atoms with van der Waals surface area (Å²) in [7, 11) is 0. The van der Waals surface area contributed by atoms with Crippen LogP contribution in [0.15, 0.2) is 29.2 Å². The zero-order valence-corrected chi connectivity index (χ0v) is 14.3. The molecule has 1 aliphatic rings. The van der Waals surface area contributed by atoms with Gasteiger partial charge < -0.3 is 5.11 Å². The van der Waals surface area contributed by atoms with E-state index < -0.39 is 22.8 Å². The molecule has 0 aliphatic carbocycles. The van der Waals surface area contributed by atoms with Crippen LogP contribution >= 0.6 is 24.0 Å². The van der Waals surface area contributed by atoms with Crippen molar-refractivity contribution in [3.05, 3.63) is 44.8 Å². The topological polar surface area (TPSA) is 101 Å². The average Bonchev–Trinajstić information content (AvgIpc) is 2.79. The molecule has 1 heterocycles. The van der Waals surface area contributed by atoms with Crippen LogP contribution in [0, 0.1) is 10.1 Å². The number of hydrogen-bond acceptors (Lipinski definition) is 6. The van der Waals surface area contributed by atoms with E-state index in [1.54, 1.807) is 6.07 Å². The van der Waals surface area contributed by atoms with Gasteiger partial charge in [-0.1, -0.05) is 49.5 Å². The minimum Gasteiger partial charge on any atom is -0.480 e. The van der Waals surface area contributed by atoms with Gasteiger partial charge in [-0.05, 0) is 18.6 Å². The van der Waals surface area contributed by atoms with Gasteiger partial charge in [-0.2, -0.15) is 0 Å². The molecule has 0 radical (unpaired) electrons. The third-order valence-electron chi connectivity index (χ3n) is 3.40. The van der Waals surface area contributed by atoms with E-state index in [4.69, 9.17) is 12.2 Å². The zero-order valence-electron chi connectivity index (χ0n) is 12.7. The Bertz CT molecular complexity index is 747. The van der Waals surface area contributed by atoms with Crippen LogP contribution in [0.1, 0.15) is 25.3 Å². The number of carboxylic acids is 1. The number of thioether (sulfide) groups is 1. The van der Waals surface area contributed by atoms with Crippen LogP contribution in [-0.2, 0) is 9.59 Å². The summed E-state index contributed by atoms with van der Waals surface area (Å²) in [4.78, 5) is 35.7. The van der Waals surface area contributed by atoms with E-state index in [0.717, 1.165) is 16.7 Å². The number of hydrogen-bond donors (Lipinski definition) is 1. The predicted octanol–water partition coefficient (Wildman–Crippen LogP) is 3.05. The molecular formula is C15H14N2O5S2. The average molecular weight is 366 g/mol. The van der Waals surface area contributed by atoms with Crippen LogP contribution in [0.2, 0.25) is 0 Å². The maximum Gasteiger partial charge on any atom is 0.326 e. The first-order valence-corrected chi connectivity index (χ1v) is 8.32. The molecule has 126 valence electrons. The Labute approximate surface area is 147 Å². The van der Waals surface area contributed by atoms with Crippen molar-refractivity contribution in [2.24, 2.45) is 0 Å². The second kappa shape index (κ2) is 7.54. The molecule has 1 aromatic rings. The number of benzene rings is 1. The number of nitro benzene ring substituents is 1. The molecule has 1 saturated heterocycles. The van der Waals surface area contributed by atoms with Gasteiger partial charge in [-0.15, -0.1) is 0 Å². The van der Waals surface area contributed by atoms with E-state index in [2.05, 4.69) is 0 Å². The van der Waals surface area contributed by atoms with Crippen molar-refractivity contribution in [3.8, 4) is 0 Å². The monoisotopic (exact) mass is 366 g/mol. The lowest BCUT2D eigenvalue weighted by atomic mass is 10.1. The van der Waals surface area contributed by atoms with Crippen molar-refractivity contribution in [2.75, 3.05) is 0 Å². The Balaban J connectivity index is 2.38. The number of nitro groups is 1. The summed E-state index contributed by atoms with van der Waals surface area (Å²) in [5.74, 6) is -1.66. The molecule has 1 unspecified atom stereocenters. The molecule has 1 N–H and O–H groups in total. The van der Waals surface area contributed by atoms with Crippen molar-refractivity contribution in [1.82, 2.24) is 4.90 Å². The second-order valence-corrected chi connectivity index (χ2v) is 6.69. The Morgan fingerprint density at radius 2 is 2.17 bits per heavy atom. The Morgan fingerprint density at radius 1 is 1.50 bits per heavy atom. The van der Waals surface area contributed by atoms with E-state index in [-0.39, 0.29) is 26.9 Å². The fourth-order valence-corrected chi connectivity index (χ4v) is 3.65. The van der Waals surface area contributed by atoms with E-state index >= 15 is 0 Å². The standard InChI is InChI=1S/C15H14N2O5S2/c1-2-5-11(14(19)20)16-13(18)12(24-15(16)23)8-9-6-3-4-7-10(9)17(21)22/h3-4,6-8,11H,2,5H2,1H3,(H,19,20)/b12-8-. The first kappa shape index (κ1) is 18.1. The van der Waals surface area contributed by atoms with Crippen LogP contribution in [0.5, 0.6) is 0 Å². The summed E-state index contributed by atoms with van der Waals surface area (Å²) < 4.78 is 0.144. The van der Waals surface area contributed by atoms with E-state index in [1.165, 1.54) is 24.3 Å². The number of carbonyl (C=O) groups is 2. The molecule has 2 rings (SSSR count). The van der Waals surface area contributed by atoms with Gasteiger partial charge in [0.05, 0.1) is 15.4 Å². The molecule has 1 aliphatic heterocycles. The second-order valence-electron chi connectivity index (χ2n) is 5.01. The van der Waals surface area contributed by atoms with Crippen molar-refractivity contribution in [2.45, 2.75) is 25.8 Å². The highest BCUT2D eigenvalue weighted by molar-refractivity contribution is 8.26. The summed E-state index contributed by atoms with van der Waals surface area (Å²) in [5, 5.41) is 20.4. The number of carbonyl (C=O) groups excluding carboxylic acids is 1. The lowest BCUT2D eigenvalue weighted by molar-refractivity contribution is -0.385. The van der Waals surface area contributed by atoms with Crippen LogP contribution in [0.25, 0.3) is 6.08 Å². The fourth-order valence-electron chi connectivity index (χ4n) is 2.30. The van der Waals surface area contributed by atoms with E-state index in [0.29, 0.717) is 6.42 Å². The molecule has 1 aromatic carbocycles. The SMILES string of the molecule is CCCC(C(=O)O)N1C(=O)/C(=C/c2ccccc2[N+](=O)[O-])SC1=S. The summed E-state index contributed by atoms with van der Waals surface area (Å²) >= 11 is 6.09. The quantitative estimate of drug-likeness (QED) is 0.357. The molecule has 1 atom stereocenters. The summed E-state index contributed by atoms with van der Waals surface area (Å²) in [6.07, 6.45) is 2.24. The largest absolute Gasteiger partial charge is 0.480 e. The maximum absolute atomic E-state index is 12.5. The molecule has 0 saturated carbocycles. The summed E-state index contributed by atoms with van der Waals surface area (Å²) in [6, 6.07) is 4.98. The minimum atomic E-state index is -1.12. The van der Waals surface area contributed by atoms with Gasteiger partial charge in [0.1, 0.15) is 10.4 Å². The van der Waals surface area contributed by atoms with Crippen molar-refractivity contribution in [1.29, 1.82) is 0 Å². The maximum atomic E-state index is 12.5. The van der Waals surface area contributed by atoms with Crippen LogP contribution < -0.4 is 0 Å². The number of nitrogens with zero attached hydrogens (tertiary/aromatic N) is 2. The molecule has 1 amide bonds. The van der Waals surface area contributed by atoms with Crippen LogP contribution in [0.3, 0.4) is 0 Å². The fraction of sp³-hybridized carbons (Fsp3) is 0.267. The first-order valence-electron chi connectivity index (χ1n) is 7.10. The lowest BCUT2D eigenvalue weighted by Gasteiger charge is -2.22. The highest BCUT2D eigenvalue weighted by atomic mass is 32.2. The molecule has 1 fully saturated rings. The number of aliphatic carboxylic acids is 1. The van der Waals surface area contributed by atoms with Gasteiger partial charge in [0.25, 0.3) is 11.6 Å². The molecular weight excluding hydrogens is 352 g/mol. The Kier molecular flexibility index (Phi) is 5.68. The number of para-hydroxylation sites is 1. The van der Waals surface area contributed by atoms with Gasteiger partial charge in [-0.25, -0.2) is 4.79 Å². The molecule has 0 aromatic heterocycles. The normalized spacial score (nSPS) is 17.4. The highest BCUT2D eigenvalue weighted by Crippen LogP contribution is 2.36. The molecule has 24 heavy (non-hydrogen) atoms. The van der Waals surface area contributed by atoms with Gasteiger partial charge in [0.2, 0.25) is 0 Å². The van der Waals surface area contributed by atoms with Crippen molar-refractivity contribution >= 4 is 51.9 Å². The number of carboxylic acid groups (broad SMARTS) is 1. The van der Waals surface area contributed by atoms with Gasteiger partial charge in [0, 0.05) is 6.07 Å². The Morgan fingerprint density at radius 3 is 2.75 bits per heavy atom. The van der Waals surface area contributed by atoms with E-state index in [9.17, 15) is 24.8 Å². The highest BCUT2D eigenvalue weighted by Gasteiger charge is 2.40. The summed E-state index contributed by atoms with van der Waals surface area (Å²) in [6.45, 7) is 1.82. The predicted molar refractivity (Wildman–Crippen MR) is 94.4 cm³/mol. The summed E-state index contributed by atoms with van der Waals surface area (Å²) in [5.41, 5.74) is 0.136. The smallest absolute Gasteiger partial charge is 0.326 e. The third-order valence-corrected chi connectivity index (χ3v) is 4.73. The van der Waals surface area contributed by atoms with Crippen LogP contribution in [0.4, 0.5) is 5.69 Å². The van der Waals surface area contributed by atoms with Gasteiger partial charge in [0.15, 0.2) is 0 Å². The molecule has 0 bridgehead atoms. The number of thiocarbonyl (C=S) groups is 1. The lowest BCUT2D eigenvalue weighted by Crippen LogP contribution is -2.43. The number of amides is 1. The van der Waals surface area contributed by atoms with E-state index in [1.807, 2.05) is 6.92 Å². The first-order chi connectivity index (χ1) is 11.4. The van der Waals surface area contributed by atoms with Gasteiger partial charge >= 0.3 is 5.97 Å². The minimum absolute atomic E-state index is 0.133. The van der Waals surface area contributed by atoms with Crippen molar-refractivity contribution in [3.63, 3.8) is 0 Å². The molecule has 9 heteroatoms. The zero-order chi connectivity index (χ0) is 17.9. The van der Waals surface area contributed by atoms with Crippen molar-refractivity contribution < 1.29 is 19.6 Å². The third kappa shape index (κ3) is 3.62. The van der Waals surface area contributed by atoms with Gasteiger partial charge in [-0.3, -0.25) is 19.8 Å². The Hall–Kier alpha value is -2.26. The van der Waals surface area contributed by atoms with Crippen LogP contribution in [-0.4, -0.2) is 37.2 Å². The number of rotatable bonds is 6. The molecule has 0 spiro atoms.